The molecule has 0 spiro atoms. The lowest BCUT2D eigenvalue weighted by atomic mass is 9.86. The first-order valence-electron chi connectivity index (χ1n) is 8.25. The number of ketones is 1. The molecule has 0 saturated heterocycles. The second-order valence-electron chi connectivity index (χ2n) is 6.08. The number of nitrogens with zero attached hydrogens (tertiary/aromatic N) is 2. The van der Waals surface area contributed by atoms with Gasteiger partial charge in [0.05, 0.1) is 13.4 Å². The van der Waals surface area contributed by atoms with Crippen LogP contribution < -0.4 is 4.74 Å². The number of carbonyl (C=O) groups is 1. The van der Waals surface area contributed by atoms with Crippen LogP contribution in [0.1, 0.15) is 27.9 Å². The zero-order valence-corrected chi connectivity index (χ0v) is 14.0. The van der Waals surface area contributed by atoms with Gasteiger partial charge in [0.1, 0.15) is 5.75 Å². The Morgan fingerprint density at radius 2 is 1.96 bits per heavy atom. The average molecular weight is 330 g/mol. The minimum atomic E-state index is 0.114. The van der Waals surface area contributed by atoms with Crippen LogP contribution in [-0.4, -0.2) is 22.4 Å². The molecule has 0 N–H and O–H groups in total. The molecule has 3 aromatic rings. The fourth-order valence-electron chi connectivity index (χ4n) is 3.17. The normalized spacial score (nSPS) is 15.2. The fourth-order valence-corrected chi connectivity index (χ4v) is 3.17. The number of hydrogen-bond acceptors (Lipinski definition) is 3. The number of methoxy groups -OCH3 is 1. The number of imidazole rings is 1. The molecular formula is C21H18N2O2. The number of ether oxygens (including phenoxy) is 1. The Morgan fingerprint density at radius 3 is 2.68 bits per heavy atom. The number of aromatic nitrogens is 2. The minimum absolute atomic E-state index is 0.114. The van der Waals surface area contributed by atoms with Crippen LogP contribution in [0.25, 0.3) is 11.8 Å². The Kier molecular flexibility index (Phi) is 3.94. The molecule has 0 bridgehead atoms. The first-order valence-corrected chi connectivity index (χ1v) is 8.25. The van der Waals surface area contributed by atoms with E-state index in [0.29, 0.717) is 0 Å². The average Bonchev–Trinajstić information content (AvgIpc) is 3.19. The molecule has 1 aromatic heterocycles. The number of Topliss-reactive ketones (excluding diaryl/α,β-unsaturated/α-hetero) is 1. The summed E-state index contributed by atoms with van der Waals surface area (Å²) in [5, 5.41) is 0. The predicted molar refractivity (Wildman–Crippen MR) is 97.2 cm³/mol. The third-order valence-electron chi connectivity index (χ3n) is 4.55. The van der Waals surface area contributed by atoms with Gasteiger partial charge in [-0.25, -0.2) is 4.98 Å². The zero-order valence-electron chi connectivity index (χ0n) is 14.0. The molecule has 0 amide bonds. The van der Waals surface area contributed by atoms with E-state index in [4.69, 9.17) is 4.74 Å². The van der Waals surface area contributed by atoms with Gasteiger partial charge in [0.15, 0.2) is 5.78 Å². The largest absolute Gasteiger partial charge is 0.497 e. The van der Waals surface area contributed by atoms with E-state index in [9.17, 15) is 4.79 Å². The Hall–Kier alpha value is -3.14. The molecule has 0 radical (unpaired) electrons. The quantitative estimate of drug-likeness (QED) is 0.679. The van der Waals surface area contributed by atoms with E-state index >= 15 is 0 Å². The summed E-state index contributed by atoms with van der Waals surface area (Å²) < 4.78 is 7.20. The van der Waals surface area contributed by atoms with E-state index in [1.54, 1.807) is 19.6 Å². The number of benzene rings is 2. The molecule has 1 aliphatic carbocycles. The van der Waals surface area contributed by atoms with Crippen LogP contribution >= 0.6 is 0 Å². The summed E-state index contributed by atoms with van der Waals surface area (Å²) in [6.07, 6.45) is 9.03. The van der Waals surface area contributed by atoms with E-state index in [2.05, 4.69) is 4.98 Å². The van der Waals surface area contributed by atoms with Gasteiger partial charge in [-0.3, -0.25) is 4.79 Å². The molecular weight excluding hydrogens is 312 g/mol. The van der Waals surface area contributed by atoms with Crippen molar-refractivity contribution in [2.75, 3.05) is 7.11 Å². The predicted octanol–water partition coefficient (Wildman–Crippen LogP) is 4.09. The molecule has 0 atom stereocenters. The Morgan fingerprint density at radius 1 is 1.12 bits per heavy atom. The maximum absolute atomic E-state index is 12.8. The number of fused-ring (bicyclic) bond motifs is 1. The smallest absolute Gasteiger partial charge is 0.189 e. The van der Waals surface area contributed by atoms with Gasteiger partial charge in [0, 0.05) is 29.2 Å². The van der Waals surface area contributed by atoms with Gasteiger partial charge in [-0.05, 0) is 60.4 Å². The van der Waals surface area contributed by atoms with E-state index in [1.807, 2.05) is 59.3 Å². The molecule has 4 heteroatoms. The lowest BCUT2D eigenvalue weighted by Gasteiger charge is -2.18. The standard InChI is InChI=1S/C21H18N2O2/c1-25-19-8-9-20-16(13-19)4-5-17(21(20)24)12-15-2-6-18(7-3-15)23-11-10-22-14-23/h2-3,6-14H,4-5H2,1H3. The second kappa shape index (κ2) is 6.40. The van der Waals surface area contributed by atoms with Crippen molar-refractivity contribution in [3.05, 3.63) is 83.4 Å². The molecule has 0 saturated carbocycles. The van der Waals surface area contributed by atoms with Crippen LogP contribution in [-0.2, 0) is 6.42 Å². The van der Waals surface area contributed by atoms with Crippen LogP contribution in [0.4, 0.5) is 0 Å². The van der Waals surface area contributed by atoms with E-state index < -0.39 is 0 Å². The first kappa shape index (κ1) is 15.4. The van der Waals surface area contributed by atoms with Gasteiger partial charge in [-0.2, -0.15) is 0 Å². The fraction of sp³-hybridized carbons (Fsp3) is 0.143. The summed E-state index contributed by atoms with van der Waals surface area (Å²) in [5.41, 5.74) is 4.79. The van der Waals surface area contributed by atoms with Gasteiger partial charge in [-0.1, -0.05) is 12.1 Å². The number of aryl methyl sites for hydroxylation is 1. The molecule has 1 aliphatic rings. The Balaban J connectivity index is 1.60. The molecule has 4 rings (SSSR count). The zero-order chi connectivity index (χ0) is 17.2. The summed E-state index contributed by atoms with van der Waals surface area (Å²) in [7, 11) is 1.64. The lowest BCUT2D eigenvalue weighted by molar-refractivity contribution is 0.102. The van der Waals surface area contributed by atoms with Gasteiger partial charge in [-0.15, -0.1) is 0 Å². The van der Waals surface area contributed by atoms with Crippen molar-refractivity contribution in [2.45, 2.75) is 12.8 Å². The van der Waals surface area contributed by atoms with E-state index in [1.165, 1.54) is 0 Å². The van der Waals surface area contributed by atoms with Crippen molar-refractivity contribution in [3.63, 3.8) is 0 Å². The Bertz CT molecular complexity index is 939. The molecule has 1 heterocycles. The highest BCUT2D eigenvalue weighted by molar-refractivity contribution is 6.13. The van der Waals surface area contributed by atoms with Crippen LogP contribution in [0.3, 0.4) is 0 Å². The van der Waals surface area contributed by atoms with Crippen molar-refractivity contribution in [2.24, 2.45) is 0 Å². The van der Waals surface area contributed by atoms with Crippen molar-refractivity contribution in [1.29, 1.82) is 0 Å². The van der Waals surface area contributed by atoms with Crippen molar-refractivity contribution < 1.29 is 9.53 Å². The van der Waals surface area contributed by atoms with Crippen LogP contribution in [0.5, 0.6) is 5.75 Å². The van der Waals surface area contributed by atoms with Gasteiger partial charge in [0.25, 0.3) is 0 Å². The molecule has 0 unspecified atom stereocenters. The number of rotatable bonds is 3. The minimum Gasteiger partial charge on any atom is -0.497 e. The highest BCUT2D eigenvalue weighted by Crippen LogP contribution is 2.29. The molecule has 25 heavy (non-hydrogen) atoms. The molecule has 124 valence electrons. The summed E-state index contributed by atoms with van der Waals surface area (Å²) in [6.45, 7) is 0. The van der Waals surface area contributed by atoms with Crippen molar-refractivity contribution in [1.82, 2.24) is 9.55 Å². The maximum Gasteiger partial charge on any atom is 0.189 e. The highest BCUT2D eigenvalue weighted by atomic mass is 16.5. The number of hydrogen-bond donors (Lipinski definition) is 0. The Labute approximate surface area is 146 Å². The van der Waals surface area contributed by atoms with E-state index in [0.717, 1.165) is 46.5 Å². The molecule has 2 aromatic carbocycles. The SMILES string of the molecule is COc1ccc2c(c1)CCC(=Cc1ccc(-n3ccnc3)cc1)C2=O. The molecule has 0 aliphatic heterocycles. The third-order valence-corrected chi connectivity index (χ3v) is 4.55. The second-order valence-corrected chi connectivity index (χ2v) is 6.08. The first-order chi connectivity index (χ1) is 12.2. The summed E-state index contributed by atoms with van der Waals surface area (Å²) in [5.74, 6) is 0.914. The lowest BCUT2D eigenvalue weighted by Crippen LogP contribution is -2.14. The van der Waals surface area contributed by atoms with Crippen LogP contribution in [0.2, 0.25) is 0 Å². The van der Waals surface area contributed by atoms with Crippen LogP contribution in [0.15, 0.2) is 66.8 Å². The maximum atomic E-state index is 12.8. The topological polar surface area (TPSA) is 44.1 Å². The van der Waals surface area contributed by atoms with Gasteiger partial charge >= 0.3 is 0 Å². The van der Waals surface area contributed by atoms with Gasteiger partial charge < -0.3 is 9.30 Å². The van der Waals surface area contributed by atoms with Crippen LogP contribution in [0, 0.1) is 0 Å². The molecule has 0 fully saturated rings. The van der Waals surface area contributed by atoms with Gasteiger partial charge in [0.2, 0.25) is 0 Å². The summed E-state index contributed by atoms with van der Waals surface area (Å²) in [6, 6.07) is 13.8. The van der Waals surface area contributed by atoms with Crippen molar-refractivity contribution in [3.8, 4) is 11.4 Å². The third kappa shape index (κ3) is 2.98. The summed E-state index contributed by atoms with van der Waals surface area (Å²) in [4.78, 5) is 16.8. The molecule has 4 nitrogen and oxygen atoms in total. The number of carbonyl (C=O) groups excluding carboxylic acids is 1. The van der Waals surface area contributed by atoms with E-state index in [-0.39, 0.29) is 5.78 Å². The highest BCUT2D eigenvalue weighted by Gasteiger charge is 2.22. The van der Waals surface area contributed by atoms with Crippen molar-refractivity contribution >= 4 is 11.9 Å². The monoisotopic (exact) mass is 330 g/mol. The number of allylic oxidation sites excluding steroid dienone is 1. The summed E-state index contributed by atoms with van der Waals surface area (Å²) >= 11 is 0.